The molecule has 0 radical (unpaired) electrons. The fourth-order valence-corrected chi connectivity index (χ4v) is 1.15. The van der Waals surface area contributed by atoms with Crippen LogP contribution in [0.15, 0.2) is 18.2 Å². The van der Waals surface area contributed by atoms with E-state index in [1.807, 2.05) is 0 Å². The fourth-order valence-electron chi connectivity index (χ4n) is 0.893. The Morgan fingerprint density at radius 3 is 2.67 bits per heavy atom. The number of hydrogen-bond donors (Lipinski definition) is 2. The van der Waals surface area contributed by atoms with Gasteiger partial charge in [0.2, 0.25) is 0 Å². The van der Waals surface area contributed by atoms with Crippen molar-refractivity contribution in [3.63, 3.8) is 0 Å². The van der Waals surface area contributed by atoms with E-state index in [1.165, 1.54) is 6.07 Å². The Bertz CT molecular complexity index is 309. The van der Waals surface area contributed by atoms with Gasteiger partial charge >= 0.3 is 5.97 Å². The van der Waals surface area contributed by atoms with Gasteiger partial charge in [0.15, 0.2) is 0 Å². The van der Waals surface area contributed by atoms with Crippen molar-refractivity contribution < 1.29 is 15.0 Å². The lowest BCUT2D eigenvalue weighted by molar-refractivity contribution is -0.136. The molecule has 64 valence electrons. The van der Waals surface area contributed by atoms with Gasteiger partial charge in [-0.1, -0.05) is 12.1 Å². The number of phenolic OH excluding ortho intramolecular Hbond substituents is 1. The molecule has 0 aliphatic rings. The lowest BCUT2D eigenvalue weighted by Crippen LogP contribution is -2.01. The number of carbonyl (C=O) groups is 1. The van der Waals surface area contributed by atoms with Gasteiger partial charge in [-0.3, -0.25) is 4.79 Å². The quantitative estimate of drug-likeness (QED) is 0.659. The van der Waals surface area contributed by atoms with Gasteiger partial charge in [-0.05, 0) is 11.4 Å². The van der Waals surface area contributed by atoms with Gasteiger partial charge in [-0.25, -0.2) is 0 Å². The van der Waals surface area contributed by atoms with Crippen molar-refractivity contribution in [3.8, 4) is 5.75 Å². The van der Waals surface area contributed by atoms with Crippen LogP contribution in [-0.2, 0) is 11.2 Å². The van der Waals surface area contributed by atoms with Gasteiger partial charge in [-0.2, -0.15) is 0 Å². The molecular weight excluding hydrogens is 175 g/mol. The summed E-state index contributed by atoms with van der Waals surface area (Å²) in [4.78, 5) is 10.3. The Hall–Kier alpha value is -1.08. The number of aliphatic carboxylic acids is 1. The third-order valence-corrected chi connectivity index (χ3v) is 1.81. The summed E-state index contributed by atoms with van der Waals surface area (Å²) in [6, 6.07) is 4.86. The lowest BCUT2D eigenvalue weighted by atomic mass is 10.1. The molecule has 0 saturated carbocycles. The van der Waals surface area contributed by atoms with E-state index in [-0.39, 0.29) is 12.2 Å². The smallest absolute Gasteiger partial charge is 0.307 e. The second kappa shape index (κ2) is 3.55. The zero-order chi connectivity index (χ0) is 9.14. The van der Waals surface area contributed by atoms with Gasteiger partial charge in [0, 0.05) is 5.56 Å². The monoisotopic (exact) mass is 184 g/mol. The summed E-state index contributed by atoms with van der Waals surface area (Å²) in [6.45, 7) is 0. The van der Waals surface area contributed by atoms with Gasteiger partial charge in [0.05, 0.1) is 6.42 Å². The first-order valence-corrected chi connectivity index (χ1v) is 3.96. The Balaban J connectivity index is 2.93. The zero-order valence-corrected chi connectivity index (χ0v) is 7.47. The minimum atomic E-state index is -0.943. The Morgan fingerprint density at radius 2 is 2.17 bits per heavy atom. The van der Waals surface area contributed by atoms with Crippen LogP contribution in [0.3, 0.4) is 0 Å². The van der Waals surface area contributed by atoms with Crippen LogP contribution >= 0.6 is 9.24 Å². The van der Waals surface area contributed by atoms with Crippen molar-refractivity contribution in [2.24, 2.45) is 0 Å². The Morgan fingerprint density at radius 1 is 1.50 bits per heavy atom. The van der Waals surface area contributed by atoms with E-state index < -0.39 is 5.97 Å². The first kappa shape index (κ1) is 9.01. The molecule has 0 aliphatic carbocycles. The van der Waals surface area contributed by atoms with Crippen LogP contribution in [0.5, 0.6) is 5.75 Å². The van der Waals surface area contributed by atoms with Gasteiger partial charge in [0.1, 0.15) is 5.75 Å². The minimum absolute atomic E-state index is 0.0323. The Labute approximate surface area is 72.2 Å². The maximum atomic E-state index is 10.3. The molecule has 12 heavy (non-hydrogen) atoms. The molecular formula is C8H9O3P. The second-order valence-electron chi connectivity index (χ2n) is 2.46. The minimum Gasteiger partial charge on any atom is -0.508 e. The highest BCUT2D eigenvalue weighted by molar-refractivity contribution is 7.27. The molecule has 1 aromatic rings. The number of aromatic hydroxyl groups is 1. The van der Waals surface area contributed by atoms with Crippen molar-refractivity contribution >= 4 is 20.5 Å². The van der Waals surface area contributed by atoms with Gasteiger partial charge in [0.25, 0.3) is 0 Å². The van der Waals surface area contributed by atoms with E-state index in [1.54, 1.807) is 12.1 Å². The van der Waals surface area contributed by atoms with E-state index in [9.17, 15) is 9.90 Å². The SMILES string of the molecule is O=C(O)Cc1ccc(P)cc1O. The average Bonchev–Trinajstić information content (AvgIpc) is 1.94. The third-order valence-electron chi connectivity index (χ3n) is 1.45. The van der Waals surface area contributed by atoms with Crippen molar-refractivity contribution in [3.05, 3.63) is 23.8 Å². The number of benzene rings is 1. The molecule has 0 amide bonds. The predicted molar refractivity (Wildman–Crippen MR) is 48.8 cm³/mol. The molecule has 1 aromatic carbocycles. The molecule has 1 atom stereocenters. The van der Waals surface area contributed by atoms with E-state index in [0.717, 1.165) is 5.30 Å². The van der Waals surface area contributed by atoms with Crippen molar-refractivity contribution in [2.45, 2.75) is 6.42 Å². The highest BCUT2D eigenvalue weighted by atomic mass is 31.0. The average molecular weight is 184 g/mol. The number of carboxylic acid groups (broad SMARTS) is 1. The summed E-state index contributed by atoms with van der Waals surface area (Å²) in [5.41, 5.74) is 0.439. The molecule has 3 nitrogen and oxygen atoms in total. The predicted octanol–water partition coefficient (Wildman–Crippen LogP) is 0.520. The van der Waals surface area contributed by atoms with E-state index in [2.05, 4.69) is 9.24 Å². The molecule has 0 bridgehead atoms. The third kappa shape index (κ3) is 2.21. The normalized spacial score (nSPS) is 9.75. The molecule has 0 saturated heterocycles. The highest BCUT2D eigenvalue weighted by Gasteiger charge is 2.05. The van der Waals surface area contributed by atoms with Crippen LogP contribution in [0, 0.1) is 0 Å². The number of rotatable bonds is 2. The molecule has 0 spiro atoms. The summed E-state index contributed by atoms with van der Waals surface area (Å²) in [5, 5.41) is 18.5. The summed E-state index contributed by atoms with van der Waals surface area (Å²) < 4.78 is 0. The van der Waals surface area contributed by atoms with Crippen LogP contribution in [0.4, 0.5) is 0 Å². The van der Waals surface area contributed by atoms with Crippen molar-refractivity contribution in [1.82, 2.24) is 0 Å². The zero-order valence-electron chi connectivity index (χ0n) is 6.32. The summed E-state index contributed by atoms with van der Waals surface area (Å²) in [5.74, 6) is -0.910. The summed E-state index contributed by atoms with van der Waals surface area (Å²) in [7, 11) is 2.42. The summed E-state index contributed by atoms with van der Waals surface area (Å²) in [6.07, 6.45) is -0.142. The number of carboxylic acids is 1. The maximum absolute atomic E-state index is 10.3. The number of phenols is 1. The van der Waals surface area contributed by atoms with E-state index >= 15 is 0 Å². The van der Waals surface area contributed by atoms with Gasteiger partial charge in [-0.15, -0.1) is 9.24 Å². The van der Waals surface area contributed by atoms with Crippen LogP contribution in [0.2, 0.25) is 0 Å². The largest absolute Gasteiger partial charge is 0.508 e. The molecule has 0 aromatic heterocycles. The number of hydrogen-bond acceptors (Lipinski definition) is 2. The van der Waals surface area contributed by atoms with E-state index in [4.69, 9.17) is 5.11 Å². The maximum Gasteiger partial charge on any atom is 0.307 e. The molecule has 4 heteroatoms. The van der Waals surface area contributed by atoms with E-state index in [0.29, 0.717) is 5.56 Å². The van der Waals surface area contributed by atoms with Crippen LogP contribution in [0.25, 0.3) is 0 Å². The standard InChI is InChI=1S/C8H9O3P/c9-7-4-6(12)2-1-5(7)3-8(10)11/h1-2,4,9H,3,12H2,(H,10,11). The lowest BCUT2D eigenvalue weighted by Gasteiger charge is -2.01. The molecule has 1 rings (SSSR count). The topological polar surface area (TPSA) is 57.5 Å². The van der Waals surface area contributed by atoms with Crippen LogP contribution < -0.4 is 5.30 Å². The molecule has 1 unspecified atom stereocenters. The fraction of sp³-hybridized carbons (Fsp3) is 0.125. The Kier molecular flexibility index (Phi) is 2.66. The van der Waals surface area contributed by atoms with Gasteiger partial charge < -0.3 is 10.2 Å². The first-order valence-electron chi connectivity index (χ1n) is 3.39. The molecule has 0 heterocycles. The molecule has 0 fully saturated rings. The van der Waals surface area contributed by atoms with Crippen LogP contribution in [0.1, 0.15) is 5.56 Å². The molecule has 2 N–H and O–H groups in total. The second-order valence-corrected chi connectivity index (χ2v) is 3.13. The van der Waals surface area contributed by atoms with Crippen molar-refractivity contribution in [2.75, 3.05) is 0 Å². The highest BCUT2D eigenvalue weighted by Crippen LogP contribution is 2.15. The van der Waals surface area contributed by atoms with Crippen molar-refractivity contribution in [1.29, 1.82) is 0 Å². The molecule has 0 aliphatic heterocycles. The first-order chi connectivity index (χ1) is 5.59. The summed E-state index contributed by atoms with van der Waals surface area (Å²) >= 11 is 0. The van der Waals surface area contributed by atoms with Crippen LogP contribution in [-0.4, -0.2) is 16.2 Å².